The lowest BCUT2D eigenvalue weighted by Crippen LogP contribution is -2.11. The number of nitrogens with one attached hydrogen (secondary N) is 2. The van der Waals surface area contributed by atoms with E-state index in [4.69, 9.17) is 0 Å². The van der Waals surface area contributed by atoms with E-state index in [1.165, 1.54) is 11.9 Å². The summed E-state index contributed by atoms with van der Waals surface area (Å²) < 4.78 is 3.25. The number of hydrogen-bond acceptors (Lipinski definition) is 3. The highest BCUT2D eigenvalue weighted by molar-refractivity contribution is 8.00. The van der Waals surface area contributed by atoms with Crippen molar-refractivity contribution < 1.29 is 4.79 Å². The first kappa shape index (κ1) is 14.2. The van der Waals surface area contributed by atoms with Gasteiger partial charge in [-0.1, -0.05) is 24.8 Å². The van der Waals surface area contributed by atoms with Crippen LogP contribution in [0, 0.1) is 0 Å². The first-order valence-electron chi connectivity index (χ1n) is 6.20. The van der Waals surface area contributed by atoms with Gasteiger partial charge in [-0.2, -0.15) is 0 Å². The number of amides is 1. The molecule has 0 unspecified atom stereocenters. The molecular weight excluding hydrogens is 268 g/mol. The minimum atomic E-state index is -0.159. The first-order chi connectivity index (χ1) is 9.65. The van der Waals surface area contributed by atoms with E-state index in [1.807, 2.05) is 54.6 Å². The summed E-state index contributed by atoms with van der Waals surface area (Å²) in [6, 6.07) is 17.6. The van der Waals surface area contributed by atoms with E-state index in [0.29, 0.717) is 5.57 Å². The number of carbonyl (C=O) groups excluding carboxylic acids is 1. The van der Waals surface area contributed by atoms with E-state index in [9.17, 15) is 4.79 Å². The van der Waals surface area contributed by atoms with Crippen LogP contribution in [0.3, 0.4) is 0 Å². The van der Waals surface area contributed by atoms with Crippen LogP contribution in [0.25, 0.3) is 0 Å². The highest BCUT2D eigenvalue weighted by Crippen LogP contribution is 2.22. The van der Waals surface area contributed by atoms with E-state index in [1.54, 1.807) is 6.92 Å². The molecule has 4 heteroatoms. The number of anilines is 2. The van der Waals surface area contributed by atoms with Crippen molar-refractivity contribution >= 4 is 29.2 Å². The van der Waals surface area contributed by atoms with Crippen molar-refractivity contribution in [1.29, 1.82) is 0 Å². The van der Waals surface area contributed by atoms with Gasteiger partial charge in [0.2, 0.25) is 0 Å². The standard InChI is InChI=1S/C16H16N2OS/c1-12(2)16(19)17-13-8-10-15(11-9-13)20-18-14-6-4-3-5-7-14/h3-11,18H,1H2,2H3,(H,17,19). The average Bonchev–Trinajstić information content (AvgIpc) is 2.47. The fourth-order valence-corrected chi connectivity index (χ4v) is 2.11. The van der Waals surface area contributed by atoms with Gasteiger partial charge in [-0.3, -0.25) is 4.79 Å². The molecule has 3 nitrogen and oxygen atoms in total. The van der Waals surface area contributed by atoms with Crippen molar-refractivity contribution in [2.75, 3.05) is 10.0 Å². The lowest BCUT2D eigenvalue weighted by Gasteiger charge is -2.07. The molecule has 0 radical (unpaired) electrons. The molecule has 0 heterocycles. The predicted molar refractivity (Wildman–Crippen MR) is 85.8 cm³/mol. The molecule has 0 spiro atoms. The molecule has 0 bridgehead atoms. The van der Waals surface area contributed by atoms with E-state index in [2.05, 4.69) is 16.6 Å². The van der Waals surface area contributed by atoms with E-state index >= 15 is 0 Å². The van der Waals surface area contributed by atoms with Crippen LogP contribution >= 0.6 is 11.9 Å². The Hall–Kier alpha value is -2.20. The van der Waals surface area contributed by atoms with Crippen LogP contribution in [0.15, 0.2) is 71.6 Å². The summed E-state index contributed by atoms with van der Waals surface area (Å²) in [4.78, 5) is 12.6. The lowest BCUT2D eigenvalue weighted by molar-refractivity contribution is -0.112. The first-order valence-corrected chi connectivity index (χ1v) is 7.01. The summed E-state index contributed by atoms with van der Waals surface area (Å²) >= 11 is 1.53. The van der Waals surface area contributed by atoms with Gasteiger partial charge in [-0.05, 0) is 55.3 Å². The van der Waals surface area contributed by atoms with Crippen LogP contribution < -0.4 is 10.0 Å². The Kier molecular flexibility index (Phi) is 4.85. The molecular formula is C16H16N2OS. The van der Waals surface area contributed by atoms with Crippen LogP contribution in [0.2, 0.25) is 0 Å². The Morgan fingerprint density at radius 2 is 1.65 bits per heavy atom. The molecule has 2 aromatic carbocycles. The second-order valence-electron chi connectivity index (χ2n) is 4.33. The highest BCUT2D eigenvalue weighted by Gasteiger charge is 2.02. The summed E-state index contributed by atoms with van der Waals surface area (Å²) in [5.74, 6) is -0.159. The minimum absolute atomic E-state index is 0.159. The van der Waals surface area contributed by atoms with Gasteiger partial charge in [0.25, 0.3) is 5.91 Å². The molecule has 102 valence electrons. The number of carbonyl (C=O) groups is 1. The van der Waals surface area contributed by atoms with E-state index < -0.39 is 0 Å². The molecule has 0 fully saturated rings. The number of benzene rings is 2. The Morgan fingerprint density at radius 1 is 1.00 bits per heavy atom. The molecule has 0 saturated heterocycles. The van der Waals surface area contributed by atoms with Gasteiger partial charge in [-0.25, -0.2) is 0 Å². The third-order valence-corrected chi connectivity index (χ3v) is 3.41. The van der Waals surface area contributed by atoms with Crippen LogP contribution in [0.1, 0.15) is 6.92 Å². The van der Waals surface area contributed by atoms with Gasteiger partial charge >= 0.3 is 0 Å². The van der Waals surface area contributed by atoms with E-state index in [-0.39, 0.29) is 5.91 Å². The Labute approximate surface area is 123 Å². The van der Waals surface area contributed by atoms with Crippen molar-refractivity contribution in [3.05, 3.63) is 66.7 Å². The van der Waals surface area contributed by atoms with Crippen LogP contribution in [0.4, 0.5) is 11.4 Å². The van der Waals surface area contributed by atoms with Gasteiger partial charge in [0.15, 0.2) is 0 Å². The Morgan fingerprint density at radius 3 is 2.25 bits per heavy atom. The number of hydrogen-bond donors (Lipinski definition) is 2. The normalized spacial score (nSPS) is 9.85. The van der Waals surface area contributed by atoms with Crippen LogP contribution in [-0.4, -0.2) is 5.91 Å². The van der Waals surface area contributed by atoms with Crippen molar-refractivity contribution in [3.8, 4) is 0 Å². The molecule has 0 aliphatic rings. The zero-order chi connectivity index (χ0) is 14.4. The average molecular weight is 284 g/mol. The SMILES string of the molecule is C=C(C)C(=O)Nc1ccc(SNc2ccccc2)cc1. The summed E-state index contributed by atoms with van der Waals surface area (Å²) in [6.07, 6.45) is 0. The minimum Gasteiger partial charge on any atom is -0.326 e. The molecule has 20 heavy (non-hydrogen) atoms. The lowest BCUT2D eigenvalue weighted by atomic mass is 10.3. The zero-order valence-corrected chi connectivity index (χ0v) is 12.0. The number of para-hydroxylation sites is 1. The molecule has 0 atom stereocenters. The smallest absolute Gasteiger partial charge is 0.250 e. The van der Waals surface area contributed by atoms with Gasteiger partial charge < -0.3 is 10.0 Å². The maximum atomic E-state index is 11.5. The molecule has 0 aliphatic carbocycles. The molecule has 0 aromatic heterocycles. The van der Waals surface area contributed by atoms with Crippen LogP contribution in [-0.2, 0) is 4.79 Å². The van der Waals surface area contributed by atoms with Gasteiger partial charge in [-0.15, -0.1) is 0 Å². The van der Waals surface area contributed by atoms with Gasteiger partial charge in [0.05, 0.1) is 0 Å². The fourth-order valence-electron chi connectivity index (χ4n) is 1.47. The Balaban J connectivity index is 1.91. The molecule has 0 saturated carbocycles. The fraction of sp³-hybridized carbons (Fsp3) is 0.0625. The van der Waals surface area contributed by atoms with Crippen molar-refractivity contribution in [2.45, 2.75) is 11.8 Å². The molecule has 2 N–H and O–H groups in total. The van der Waals surface area contributed by atoms with Gasteiger partial charge in [0.1, 0.15) is 0 Å². The summed E-state index contributed by atoms with van der Waals surface area (Å²) in [5, 5.41) is 2.77. The topological polar surface area (TPSA) is 41.1 Å². The second kappa shape index (κ2) is 6.82. The third-order valence-electron chi connectivity index (χ3n) is 2.56. The quantitative estimate of drug-likeness (QED) is 0.634. The number of rotatable bonds is 5. The maximum absolute atomic E-state index is 11.5. The predicted octanol–water partition coefficient (Wildman–Crippen LogP) is 4.32. The summed E-state index contributed by atoms with van der Waals surface area (Å²) in [5.41, 5.74) is 2.31. The molecule has 2 rings (SSSR count). The Bertz CT molecular complexity index is 594. The van der Waals surface area contributed by atoms with Crippen molar-refractivity contribution in [1.82, 2.24) is 0 Å². The largest absolute Gasteiger partial charge is 0.326 e. The second-order valence-corrected chi connectivity index (χ2v) is 5.21. The maximum Gasteiger partial charge on any atom is 0.250 e. The molecule has 1 amide bonds. The van der Waals surface area contributed by atoms with Gasteiger partial charge in [0, 0.05) is 21.8 Å². The highest BCUT2D eigenvalue weighted by atomic mass is 32.2. The zero-order valence-electron chi connectivity index (χ0n) is 11.2. The van der Waals surface area contributed by atoms with Crippen molar-refractivity contribution in [3.63, 3.8) is 0 Å². The third kappa shape index (κ3) is 4.17. The van der Waals surface area contributed by atoms with Crippen LogP contribution in [0.5, 0.6) is 0 Å². The van der Waals surface area contributed by atoms with E-state index in [0.717, 1.165) is 16.3 Å². The molecule has 0 aliphatic heterocycles. The van der Waals surface area contributed by atoms with Crippen molar-refractivity contribution in [2.24, 2.45) is 0 Å². The summed E-state index contributed by atoms with van der Waals surface area (Å²) in [7, 11) is 0. The molecule has 2 aromatic rings. The summed E-state index contributed by atoms with van der Waals surface area (Å²) in [6.45, 7) is 5.29. The monoisotopic (exact) mass is 284 g/mol.